The van der Waals surface area contributed by atoms with Crippen molar-refractivity contribution in [2.45, 2.75) is 0 Å². The lowest BCUT2D eigenvalue weighted by atomic mass is 10.2. The highest BCUT2D eigenvalue weighted by atomic mass is 32.1. The van der Waals surface area contributed by atoms with E-state index in [4.69, 9.17) is 0 Å². The van der Waals surface area contributed by atoms with Crippen molar-refractivity contribution < 1.29 is 9.63 Å². The Morgan fingerprint density at radius 2 is 2.12 bits per heavy atom. The molecule has 0 saturated carbocycles. The van der Waals surface area contributed by atoms with E-state index in [1.54, 1.807) is 5.38 Å². The number of carbonyl (C=O) groups is 1. The van der Waals surface area contributed by atoms with Crippen LogP contribution in [0.2, 0.25) is 0 Å². The van der Waals surface area contributed by atoms with E-state index >= 15 is 0 Å². The van der Waals surface area contributed by atoms with Gasteiger partial charge in [0, 0.05) is 10.9 Å². The summed E-state index contributed by atoms with van der Waals surface area (Å²) >= 11 is 1.43. The van der Waals surface area contributed by atoms with Crippen molar-refractivity contribution in [1.82, 2.24) is 10.5 Å². The number of hydroxylamine groups is 1. The second-order valence-corrected chi connectivity index (χ2v) is 3.90. The van der Waals surface area contributed by atoms with Crippen molar-refractivity contribution in [3.8, 4) is 10.6 Å². The fourth-order valence-corrected chi connectivity index (χ4v) is 2.04. The Morgan fingerprint density at radius 1 is 1.38 bits per heavy atom. The predicted octanol–water partition coefficient (Wildman–Crippen LogP) is 2.10. The smallest absolute Gasteiger partial charge is 0.277 e. The number of thiazole rings is 1. The maximum atomic E-state index is 11.4. The van der Waals surface area contributed by atoms with Gasteiger partial charge in [-0.3, -0.25) is 9.63 Å². The molecule has 1 N–H and O–H groups in total. The van der Waals surface area contributed by atoms with E-state index in [1.165, 1.54) is 18.4 Å². The lowest BCUT2D eigenvalue weighted by Crippen LogP contribution is -2.21. The standard InChI is InChI=1S/C11H10N2O2S/c1-15-13-10(14)9-7-16-11(12-9)8-5-3-2-4-6-8/h2-7H,1H3,(H,13,14). The molecule has 82 valence electrons. The monoisotopic (exact) mass is 234 g/mol. The molecule has 1 amide bonds. The minimum Gasteiger partial charge on any atom is -0.277 e. The van der Waals surface area contributed by atoms with E-state index in [0.717, 1.165) is 10.6 Å². The van der Waals surface area contributed by atoms with E-state index in [0.29, 0.717) is 5.69 Å². The summed E-state index contributed by atoms with van der Waals surface area (Å²) in [7, 11) is 1.39. The molecular weight excluding hydrogens is 224 g/mol. The van der Waals surface area contributed by atoms with Gasteiger partial charge in [-0.15, -0.1) is 11.3 Å². The minimum absolute atomic E-state index is 0.332. The molecule has 0 aliphatic carbocycles. The molecular formula is C11H10N2O2S. The van der Waals surface area contributed by atoms with Gasteiger partial charge in [-0.1, -0.05) is 30.3 Å². The fourth-order valence-electron chi connectivity index (χ4n) is 1.24. The molecule has 0 aliphatic rings. The quantitative estimate of drug-likeness (QED) is 0.827. The van der Waals surface area contributed by atoms with Crippen molar-refractivity contribution in [3.63, 3.8) is 0 Å². The molecule has 0 saturated heterocycles. The fraction of sp³-hybridized carbons (Fsp3) is 0.0909. The van der Waals surface area contributed by atoms with Gasteiger partial charge >= 0.3 is 0 Å². The molecule has 2 aromatic rings. The third kappa shape index (κ3) is 2.26. The maximum Gasteiger partial charge on any atom is 0.294 e. The molecule has 0 spiro atoms. The number of rotatable bonds is 3. The van der Waals surface area contributed by atoms with Crippen molar-refractivity contribution in [3.05, 3.63) is 41.4 Å². The second-order valence-electron chi connectivity index (χ2n) is 3.04. The summed E-state index contributed by atoms with van der Waals surface area (Å²) in [6.07, 6.45) is 0. The Morgan fingerprint density at radius 3 is 2.81 bits per heavy atom. The molecule has 1 aromatic carbocycles. The highest BCUT2D eigenvalue weighted by molar-refractivity contribution is 7.13. The highest BCUT2D eigenvalue weighted by Gasteiger charge is 2.10. The van der Waals surface area contributed by atoms with Gasteiger partial charge in [-0.2, -0.15) is 0 Å². The van der Waals surface area contributed by atoms with Crippen LogP contribution in [0.15, 0.2) is 35.7 Å². The molecule has 2 rings (SSSR count). The zero-order chi connectivity index (χ0) is 11.4. The molecule has 0 fully saturated rings. The first-order chi connectivity index (χ1) is 7.81. The van der Waals surface area contributed by atoms with Gasteiger partial charge in [0.2, 0.25) is 0 Å². The van der Waals surface area contributed by atoms with Gasteiger partial charge in [0.15, 0.2) is 0 Å². The van der Waals surface area contributed by atoms with Gasteiger partial charge in [0.25, 0.3) is 5.91 Å². The number of hydrogen-bond donors (Lipinski definition) is 1. The SMILES string of the molecule is CONC(=O)c1csc(-c2ccccc2)n1. The van der Waals surface area contributed by atoms with Gasteiger partial charge in [-0.25, -0.2) is 10.5 Å². The molecule has 0 unspecified atom stereocenters. The minimum atomic E-state index is -0.332. The number of aromatic nitrogens is 1. The van der Waals surface area contributed by atoms with Crippen LogP contribution < -0.4 is 5.48 Å². The molecule has 0 radical (unpaired) electrons. The van der Waals surface area contributed by atoms with Crippen LogP contribution in [0.1, 0.15) is 10.5 Å². The Kier molecular flexibility index (Phi) is 3.28. The summed E-state index contributed by atoms with van der Waals surface area (Å²) in [4.78, 5) is 20.2. The topological polar surface area (TPSA) is 51.2 Å². The molecule has 0 bridgehead atoms. The Balaban J connectivity index is 2.23. The van der Waals surface area contributed by atoms with Gasteiger partial charge in [-0.05, 0) is 0 Å². The van der Waals surface area contributed by atoms with E-state index < -0.39 is 0 Å². The lowest BCUT2D eigenvalue weighted by Gasteiger charge is -1.97. The van der Waals surface area contributed by atoms with Crippen molar-refractivity contribution >= 4 is 17.2 Å². The average molecular weight is 234 g/mol. The van der Waals surface area contributed by atoms with Crippen LogP contribution in [0.5, 0.6) is 0 Å². The second kappa shape index (κ2) is 4.87. The molecule has 0 aliphatic heterocycles. The van der Waals surface area contributed by atoms with Crippen LogP contribution in [-0.4, -0.2) is 18.0 Å². The summed E-state index contributed by atoms with van der Waals surface area (Å²) in [5.41, 5.74) is 3.60. The number of hydrogen-bond acceptors (Lipinski definition) is 4. The van der Waals surface area contributed by atoms with Crippen LogP contribution in [0.4, 0.5) is 0 Å². The number of nitrogens with one attached hydrogen (secondary N) is 1. The predicted molar refractivity (Wildman–Crippen MR) is 62.0 cm³/mol. The van der Waals surface area contributed by atoms with Crippen LogP contribution in [0.3, 0.4) is 0 Å². The van der Waals surface area contributed by atoms with E-state index in [9.17, 15) is 4.79 Å². The molecule has 0 atom stereocenters. The maximum absolute atomic E-state index is 11.4. The van der Waals surface area contributed by atoms with Gasteiger partial charge in [0.05, 0.1) is 7.11 Å². The average Bonchev–Trinajstić information content (AvgIpc) is 2.80. The number of nitrogens with zero attached hydrogens (tertiary/aromatic N) is 1. The summed E-state index contributed by atoms with van der Waals surface area (Å²) in [5, 5.41) is 2.53. The van der Waals surface area contributed by atoms with E-state index in [1.807, 2.05) is 30.3 Å². The molecule has 1 heterocycles. The summed E-state index contributed by atoms with van der Waals surface area (Å²) in [6.45, 7) is 0. The van der Waals surface area contributed by atoms with Gasteiger partial charge < -0.3 is 0 Å². The summed E-state index contributed by atoms with van der Waals surface area (Å²) < 4.78 is 0. The zero-order valence-corrected chi connectivity index (χ0v) is 9.45. The van der Waals surface area contributed by atoms with Crippen molar-refractivity contribution in [2.24, 2.45) is 0 Å². The third-order valence-corrected chi connectivity index (χ3v) is 2.84. The first kappa shape index (κ1) is 10.8. The van der Waals surface area contributed by atoms with Crippen LogP contribution in [0.25, 0.3) is 10.6 Å². The molecule has 1 aromatic heterocycles. The Hall–Kier alpha value is -1.72. The third-order valence-electron chi connectivity index (χ3n) is 1.95. The van der Waals surface area contributed by atoms with Crippen LogP contribution >= 0.6 is 11.3 Å². The normalized spacial score (nSPS) is 10.1. The van der Waals surface area contributed by atoms with Crippen molar-refractivity contribution in [1.29, 1.82) is 0 Å². The highest BCUT2D eigenvalue weighted by Crippen LogP contribution is 2.22. The van der Waals surface area contributed by atoms with Crippen LogP contribution in [0, 0.1) is 0 Å². The van der Waals surface area contributed by atoms with Gasteiger partial charge in [0.1, 0.15) is 10.7 Å². The first-order valence-electron chi connectivity index (χ1n) is 4.65. The lowest BCUT2D eigenvalue weighted by molar-refractivity contribution is 0.0533. The summed E-state index contributed by atoms with van der Waals surface area (Å²) in [5.74, 6) is -0.332. The van der Waals surface area contributed by atoms with Crippen molar-refractivity contribution in [2.75, 3.05) is 7.11 Å². The molecule has 5 heteroatoms. The number of carbonyl (C=O) groups excluding carboxylic acids is 1. The summed E-state index contributed by atoms with van der Waals surface area (Å²) in [6, 6.07) is 9.72. The van der Waals surface area contributed by atoms with Crippen LogP contribution in [-0.2, 0) is 4.84 Å². The van der Waals surface area contributed by atoms with E-state index in [-0.39, 0.29) is 5.91 Å². The Bertz CT molecular complexity index is 482. The number of benzene rings is 1. The molecule has 16 heavy (non-hydrogen) atoms. The first-order valence-corrected chi connectivity index (χ1v) is 5.53. The molecule has 4 nitrogen and oxygen atoms in total. The Labute approximate surface area is 96.9 Å². The number of amides is 1. The zero-order valence-electron chi connectivity index (χ0n) is 8.64. The van der Waals surface area contributed by atoms with E-state index in [2.05, 4.69) is 15.3 Å². The largest absolute Gasteiger partial charge is 0.294 e.